The molecule has 2 rings (SSSR count). The number of nitrogens with two attached hydrogens (primary N) is 1. The van der Waals surface area contributed by atoms with Crippen LogP contribution in [-0.2, 0) is 0 Å². The van der Waals surface area contributed by atoms with Gasteiger partial charge in [-0.15, -0.1) is 0 Å². The average molecular weight is 263 g/mol. The Balaban J connectivity index is 2.14. The first-order valence-corrected chi connectivity index (χ1v) is 7.11. The van der Waals surface area contributed by atoms with Gasteiger partial charge >= 0.3 is 0 Å². The molecular weight excluding hydrogens is 238 g/mol. The zero-order chi connectivity index (χ0) is 13.8. The van der Waals surface area contributed by atoms with Crippen LogP contribution in [0.15, 0.2) is 18.3 Å². The Morgan fingerprint density at radius 2 is 2.26 bits per heavy atom. The molecule has 2 heterocycles. The van der Waals surface area contributed by atoms with E-state index >= 15 is 0 Å². The van der Waals surface area contributed by atoms with Crippen molar-refractivity contribution < 1.29 is 4.74 Å². The number of pyridine rings is 1. The number of likely N-dealkylation sites (tertiary alicyclic amines) is 1. The van der Waals surface area contributed by atoms with E-state index in [9.17, 15) is 0 Å². The van der Waals surface area contributed by atoms with Crippen LogP contribution in [0, 0.1) is 5.92 Å². The van der Waals surface area contributed by atoms with Gasteiger partial charge in [0.15, 0.2) is 0 Å². The molecule has 0 saturated carbocycles. The Labute approximate surface area is 116 Å². The summed E-state index contributed by atoms with van der Waals surface area (Å²) in [6, 6.07) is 4.84. The first-order valence-electron chi connectivity index (χ1n) is 7.11. The van der Waals surface area contributed by atoms with Gasteiger partial charge in [0.25, 0.3) is 0 Å². The molecule has 1 aromatic rings. The molecule has 4 nitrogen and oxygen atoms in total. The smallest absolute Gasteiger partial charge is 0.212 e. The van der Waals surface area contributed by atoms with Gasteiger partial charge in [-0.25, -0.2) is 4.98 Å². The van der Waals surface area contributed by atoms with Gasteiger partial charge in [0, 0.05) is 30.9 Å². The predicted octanol–water partition coefficient (Wildman–Crippen LogP) is 2.21. The third kappa shape index (κ3) is 3.25. The number of ether oxygens (including phenoxy) is 1. The minimum Gasteiger partial charge on any atom is -0.481 e. The first kappa shape index (κ1) is 14.3. The fourth-order valence-electron chi connectivity index (χ4n) is 3.06. The van der Waals surface area contributed by atoms with Crippen LogP contribution < -0.4 is 10.5 Å². The Kier molecular flexibility index (Phi) is 4.77. The van der Waals surface area contributed by atoms with Crippen molar-refractivity contribution in [2.75, 3.05) is 20.2 Å². The molecule has 1 aliphatic rings. The minimum absolute atomic E-state index is 0.265. The molecule has 4 heteroatoms. The summed E-state index contributed by atoms with van der Waals surface area (Å²) < 4.78 is 5.11. The van der Waals surface area contributed by atoms with Gasteiger partial charge in [-0.2, -0.15) is 0 Å². The van der Waals surface area contributed by atoms with Gasteiger partial charge in [-0.3, -0.25) is 4.90 Å². The molecule has 106 valence electrons. The second-order valence-corrected chi connectivity index (χ2v) is 5.60. The van der Waals surface area contributed by atoms with Crippen molar-refractivity contribution in [2.45, 2.75) is 38.8 Å². The summed E-state index contributed by atoms with van der Waals surface area (Å²) in [5, 5.41) is 0. The van der Waals surface area contributed by atoms with E-state index in [1.165, 1.54) is 18.4 Å². The van der Waals surface area contributed by atoms with E-state index in [0.717, 1.165) is 12.5 Å². The standard InChI is InChI=1S/C15H25N3O/c1-11-6-7-18(12(2)8-11)14(9-16)13-4-5-15(19-3)17-10-13/h4-5,10-12,14H,6-9,16H2,1-3H3. The average Bonchev–Trinajstić information content (AvgIpc) is 2.42. The van der Waals surface area contributed by atoms with E-state index in [0.29, 0.717) is 18.5 Å². The van der Waals surface area contributed by atoms with Crippen LogP contribution in [0.25, 0.3) is 0 Å². The van der Waals surface area contributed by atoms with Crippen molar-refractivity contribution in [1.29, 1.82) is 0 Å². The Morgan fingerprint density at radius 3 is 2.79 bits per heavy atom. The zero-order valence-corrected chi connectivity index (χ0v) is 12.2. The molecule has 0 aromatic carbocycles. The summed E-state index contributed by atoms with van der Waals surface area (Å²) in [5.74, 6) is 1.47. The lowest BCUT2D eigenvalue weighted by atomic mass is 9.91. The highest BCUT2D eigenvalue weighted by molar-refractivity contribution is 5.21. The van der Waals surface area contributed by atoms with Crippen LogP contribution in [-0.4, -0.2) is 36.1 Å². The van der Waals surface area contributed by atoms with Gasteiger partial charge < -0.3 is 10.5 Å². The van der Waals surface area contributed by atoms with Crippen molar-refractivity contribution in [1.82, 2.24) is 9.88 Å². The fraction of sp³-hybridized carbons (Fsp3) is 0.667. The molecule has 0 radical (unpaired) electrons. The van der Waals surface area contributed by atoms with Crippen molar-refractivity contribution in [3.63, 3.8) is 0 Å². The van der Waals surface area contributed by atoms with Crippen molar-refractivity contribution >= 4 is 0 Å². The highest BCUT2D eigenvalue weighted by atomic mass is 16.5. The molecule has 1 saturated heterocycles. The summed E-state index contributed by atoms with van der Waals surface area (Å²) in [5.41, 5.74) is 7.19. The summed E-state index contributed by atoms with van der Waals surface area (Å²) in [7, 11) is 1.64. The Morgan fingerprint density at radius 1 is 1.47 bits per heavy atom. The number of methoxy groups -OCH3 is 1. The molecule has 0 amide bonds. The van der Waals surface area contributed by atoms with Gasteiger partial charge in [0.05, 0.1) is 7.11 Å². The normalized spacial score (nSPS) is 26.1. The Hall–Kier alpha value is -1.13. The topological polar surface area (TPSA) is 51.4 Å². The number of aromatic nitrogens is 1. The fourth-order valence-corrected chi connectivity index (χ4v) is 3.06. The van der Waals surface area contributed by atoms with Crippen molar-refractivity contribution in [3.05, 3.63) is 23.9 Å². The third-order valence-electron chi connectivity index (χ3n) is 4.17. The molecule has 0 bridgehead atoms. The lowest BCUT2D eigenvalue weighted by Crippen LogP contribution is -2.44. The van der Waals surface area contributed by atoms with Crippen molar-refractivity contribution in [2.24, 2.45) is 11.7 Å². The van der Waals surface area contributed by atoms with E-state index in [1.807, 2.05) is 12.3 Å². The third-order valence-corrected chi connectivity index (χ3v) is 4.17. The van der Waals surface area contributed by atoms with E-state index < -0.39 is 0 Å². The number of hydrogen-bond donors (Lipinski definition) is 1. The molecule has 3 unspecified atom stereocenters. The summed E-state index contributed by atoms with van der Waals surface area (Å²) in [6.45, 7) is 6.39. The van der Waals surface area contributed by atoms with Crippen LogP contribution >= 0.6 is 0 Å². The maximum Gasteiger partial charge on any atom is 0.212 e. The minimum atomic E-state index is 0.265. The van der Waals surface area contributed by atoms with Gasteiger partial charge in [-0.1, -0.05) is 13.0 Å². The first-order chi connectivity index (χ1) is 9.15. The van der Waals surface area contributed by atoms with Gasteiger partial charge in [0.2, 0.25) is 5.88 Å². The number of nitrogens with zero attached hydrogens (tertiary/aromatic N) is 2. The molecule has 0 spiro atoms. The number of piperidine rings is 1. The largest absolute Gasteiger partial charge is 0.481 e. The number of rotatable bonds is 4. The van der Waals surface area contributed by atoms with E-state index in [1.54, 1.807) is 7.11 Å². The molecule has 19 heavy (non-hydrogen) atoms. The maximum atomic E-state index is 6.00. The molecule has 3 atom stereocenters. The Bertz CT molecular complexity index is 393. The lowest BCUT2D eigenvalue weighted by Gasteiger charge is -2.41. The maximum absolute atomic E-state index is 6.00. The summed E-state index contributed by atoms with van der Waals surface area (Å²) in [4.78, 5) is 6.81. The SMILES string of the molecule is COc1ccc(C(CN)N2CCC(C)CC2C)cn1. The van der Waals surface area contributed by atoms with E-state index in [-0.39, 0.29) is 6.04 Å². The zero-order valence-electron chi connectivity index (χ0n) is 12.2. The van der Waals surface area contributed by atoms with Crippen LogP contribution in [0.5, 0.6) is 5.88 Å². The van der Waals surface area contributed by atoms with E-state index in [2.05, 4.69) is 29.8 Å². The van der Waals surface area contributed by atoms with Crippen LogP contribution in [0.1, 0.15) is 38.3 Å². The van der Waals surface area contributed by atoms with Crippen molar-refractivity contribution in [3.8, 4) is 5.88 Å². The quantitative estimate of drug-likeness (QED) is 0.905. The molecule has 2 N–H and O–H groups in total. The van der Waals surface area contributed by atoms with Crippen LogP contribution in [0.3, 0.4) is 0 Å². The molecule has 1 aliphatic heterocycles. The van der Waals surface area contributed by atoms with Gasteiger partial charge in [-0.05, 0) is 37.8 Å². The predicted molar refractivity (Wildman–Crippen MR) is 77.2 cm³/mol. The molecule has 1 fully saturated rings. The summed E-state index contributed by atoms with van der Waals surface area (Å²) in [6.07, 6.45) is 4.39. The summed E-state index contributed by atoms with van der Waals surface area (Å²) >= 11 is 0. The highest BCUT2D eigenvalue weighted by Gasteiger charge is 2.29. The highest BCUT2D eigenvalue weighted by Crippen LogP contribution is 2.30. The second kappa shape index (κ2) is 6.35. The molecular formula is C15H25N3O. The van der Waals surface area contributed by atoms with Crippen LogP contribution in [0.4, 0.5) is 0 Å². The molecule has 1 aromatic heterocycles. The number of hydrogen-bond acceptors (Lipinski definition) is 4. The monoisotopic (exact) mass is 263 g/mol. The second-order valence-electron chi connectivity index (χ2n) is 5.60. The molecule has 0 aliphatic carbocycles. The van der Waals surface area contributed by atoms with Crippen LogP contribution in [0.2, 0.25) is 0 Å². The lowest BCUT2D eigenvalue weighted by molar-refractivity contribution is 0.0845. The van der Waals surface area contributed by atoms with E-state index in [4.69, 9.17) is 10.5 Å². The van der Waals surface area contributed by atoms with Gasteiger partial charge in [0.1, 0.15) is 0 Å².